The smallest absolute Gasteiger partial charge is 0.424 e. The van der Waals surface area contributed by atoms with E-state index < -0.39 is 7.12 Å². The van der Waals surface area contributed by atoms with Crippen LogP contribution in [0, 0.1) is 0 Å². The van der Waals surface area contributed by atoms with Crippen molar-refractivity contribution >= 4 is 13.2 Å². The predicted octanol–water partition coefficient (Wildman–Crippen LogP) is -0.0718. The molecule has 5 heteroatoms. The highest BCUT2D eigenvalue weighted by molar-refractivity contribution is 6.48. The Labute approximate surface area is 71.3 Å². The lowest BCUT2D eigenvalue weighted by molar-refractivity contribution is 0.424. The summed E-state index contributed by atoms with van der Waals surface area (Å²) in [6.45, 7) is 2.80. The Morgan fingerprint density at radius 2 is 2.42 bits per heavy atom. The fraction of sp³-hybridized carbons (Fsp3) is 0.286. The number of hydrogen-bond donors (Lipinski definition) is 2. The van der Waals surface area contributed by atoms with Crippen molar-refractivity contribution in [3.05, 3.63) is 23.9 Å². The van der Waals surface area contributed by atoms with Gasteiger partial charge in [-0.25, -0.2) is 0 Å². The zero-order valence-electron chi connectivity index (χ0n) is 6.88. The van der Waals surface area contributed by atoms with Gasteiger partial charge in [0.15, 0.2) is 0 Å². The molecule has 0 spiro atoms. The molecule has 0 amide bonds. The highest BCUT2D eigenvalue weighted by Gasteiger charge is 1.98. The lowest BCUT2D eigenvalue weighted by atomic mass is 9.91. The maximum atomic E-state index is 8.52. The van der Waals surface area contributed by atoms with Crippen molar-refractivity contribution in [2.24, 2.45) is 0 Å². The molecule has 2 N–H and O–H groups in total. The summed E-state index contributed by atoms with van der Waals surface area (Å²) >= 11 is 0. The van der Waals surface area contributed by atoms with Crippen LogP contribution in [-0.2, 0) is 6.54 Å². The molecule has 0 aliphatic carbocycles. The van der Waals surface area contributed by atoms with Gasteiger partial charge in [-0.1, -0.05) is 12.1 Å². The molecule has 0 aliphatic rings. The minimum Gasteiger partial charge on any atom is -0.424 e. The molecule has 1 rings (SSSR count). The van der Waals surface area contributed by atoms with Gasteiger partial charge in [-0.15, -0.1) is 0 Å². The van der Waals surface area contributed by atoms with E-state index in [-0.39, 0.29) is 0 Å². The van der Waals surface area contributed by atoms with E-state index in [1.165, 1.54) is 5.98 Å². The van der Waals surface area contributed by atoms with Crippen LogP contribution in [0.25, 0.3) is 6.08 Å². The lowest BCUT2D eigenvalue weighted by Crippen LogP contribution is -2.05. The first-order valence-corrected chi connectivity index (χ1v) is 3.79. The highest BCUT2D eigenvalue weighted by Crippen LogP contribution is 1.99. The Morgan fingerprint density at radius 3 is 2.92 bits per heavy atom. The number of rotatable bonds is 3. The number of nitrogens with zero attached hydrogens (tertiary/aromatic N) is 2. The van der Waals surface area contributed by atoms with Gasteiger partial charge >= 0.3 is 7.12 Å². The molecule has 0 unspecified atom stereocenters. The van der Waals surface area contributed by atoms with Crippen LogP contribution < -0.4 is 0 Å². The molecule has 0 radical (unpaired) electrons. The molecule has 0 aromatic carbocycles. The normalized spacial score (nSPS) is 10.9. The average Bonchev–Trinajstić information content (AvgIpc) is 2.48. The van der Waals surface area contributed by atoms with Crippen molar-refractivity contribution in [3.8, 4) is 0 Å². The maximum Gasteiger partial charge on any atom is 0.480 e. The first-order chi connectivity index (χ1) is 5.72. The van der Waals surface area contributed by atoms with Crippen LogP contribution in [0.4, 0.5) is 0 Å². The number of hydrogen-bond acceptors (Lipinski definition) is 3. The van der Waals surface area contributed by atoms with Gasteiger partial charge in [-0.3, -0.25) is 4.68 Å². The van der Waals surface area contributed by atoms with Crippen LogP contribution in [-0.4, -0.2) is 26.9 Å². The van der Waals surface area contributed by atoms with E-state index >= 15 is 0 Å². The van der Waals surface area contributed by atoms with Gasteiger partial charge < -0.3 is 10.0 Å². The van der Waals surface area contributed by atoms with Crippen molar-refractivity contribution in [3.63, 3.8) is 0 Å². The number of aromatic nitrogens is 2. The predicted molar refractivity (Wildman–Crippen MR) is 47.1 cm³/mol. The van der Waals surface area contributed by atoms with Crippen molar-refractivity contribution in [1.29, 1.82) is 0 Å². The van der Waals surface area contributed by atoms with Crippen LogP contribution in [0.5, 0.6) is 0 Å². The monoisotopic (exact) mass is 166 g/mol. The van der Waals surface area contributed by atoms with E-state index in [9.17, 15) is 0 Å². The molecule has 1 aromatic heterocycles. The Bertz CT molecular complexity index is 270. The first-order valence-electron chi connectivity index (χ1n) is 3.79. The summed E-state index contributed by atoms with van der Waals surface area (Å²) in [7, 11) is -1.39. The topological polar surface area (TPSA) is 58.3 Å². The second-order valence-corrected chi connectivity index (χ2v) is 2.40. The van der Waals surface area contributed by atoms with E-state index in [2.05, 4.69) is 5.10 Å². The van der Waals surface area contributed by atoms with E-state index in [0.717, 1.165) is 12.1 Å². The summed E-state index contributed by atoms with van der Waals surface area (Å²) in [5.74, 6) is 1.29. The molecule has 12 heavy (non-hydrogen) atoms. The molecule has 0 fully saturated rings. The summed E-state index contributed by atoms with van der Waals surface area (Å²) in [6.07, 6.45) is 5.12. The maximum absolute atomic E-state index is 8.52. The van der Waals surface area contributed by atoms with Crippen molar-refractivity contribution < 1.29 is 10.0 Å². The summed E-state index contributed by atoms with van der Waals surface area (Å²) in [4.78, 5) is 0. The third-order valence-electron chi connectivity index (χ3n) is 1.44. The van der Waals surface area contributed by atoms with E-state index in [0.29, 0.717) is 0 Å². The third kappa shape index (κ3) is 2.52. The Kier molecular flexibility index (Phi) is 3.07. The van der Waals surface area contributed by atoms with Gasteiger partial charge in [-0.2, -0.15) is 5.10 Å². The largest absolute Gasteiger partial charge is 0.480 e. The summed E-state index contributed by atoms with van der Waals surface area (Å²) in [5, 5.41) is 21.1. The second-order valence-electron chi connectivity index (χ2n) is 2.40. The molecule has 1 aromatic rings. The quantitative estimate of drug-likeness (QED) is 0.617. The summed E-state index contributed by atoms with van der Waals surface area (Å²) < 4.78 is 1.77. The van der Waals surface area contributed by atoms with Crippen molar-refractivity contribution in [2.75, 3.05) is 0 Å². The minimum atomic E-state index is -1.39. The van der Waals surface area contributed by atoms with Gasteiger partial charge in [0.2, 0.25) is 0 Å². The highest BCUT2D eigenvalue weighted by atomic mass is 16.4. The lowest BCUT2D eigenvalue weighted by Gasteiger charge is -1.89. The molecule has 64 valence electrons. The minimum absolute atomic E-state index is 0.815. The van der Waals surface area contributed by atoms with Gasteiger partial charge in [0.1, 0.15) is 0 Å². The first kappa shape index (κ1) is 9.03. The van der Waals surface area contributed by atoms with E-state index in [4.69, 9.17) is 10.0 Å². The Morgan fingerprint density at radius 1 is 1.67 bits per heavy atom. The Balaban J connectivity index is 2.63. The van der Waals surface area contributed by atoms with Crippen LogP contribution in [0.2, 0.25) is 0 Å². The van der Waals surface area contributed by atoms with Crippen LogP contribution in [0.15, 0.2) is 18.4 Å². The molecule has 1 heterocycles. The average molecular weight is 166 g/mol. The number of aryl methyl sites for hydroxylation is 1. The standard InChI is InChI=1S/C7H11BN2O2/c1-2-10-6-7(5-9-10)3-4-8(11)12/h3-6,11-12H,2H2,1H3/b4-3+. The van der Waals surface area contributed by atoms with Gasteiger partial charge in [-0.05, 0) is 6.92 Å². The van der Waals surface area contributed by atoms with Gasteiger partial charge in [0, 0.05) is 18.3 Å². The molecule has 0 bridgehead atoms. The third-order valence-corrected chi connectivity index (χ3v) is 1.44. The molecule has 0 aliphatic heterocycles. The van der Waals surface area contributed by atoms with Crippen LogP contribution in [0.3, 0.4) is 0 Å². The van der Waals surface area contributed by atoms with Crippen molar-refractivity contribution in [1.82, 2.24) is 9.78 Å². The van der Waals surface area contributed by atoms with E-state index in [1.807, 2.05) is 13.1 Å². The SMILES string of the molecule is CCn1cc(/C=C/B(O)O)cn1. The fourth-order valence-electron chi connectivity index (χ4n) is 0.836. The van der Waals surface area contributed by atoms with Crippen LogP contribution >= 0.6 is 0 Å². The summed E-state index contributed by atoms with van der Waals surface area (Å²) in [6, 6.07) is 0. The zero-order valence-corrected chi connectivity index (χ0v) is 6.88. The molecule has 0 saturated carbocycles. The second kappa shape index (κ2) is 4.08. The van der Waals surface area contributed by atoms with Gasteiger partial charge in [0.25, 0.3) is 0 Å². The zero-order chi connectivity index (χ0) is 8.97. The fourth-order valence-corrected chi connectivity index (χ4v) is 0.836. The van der Waals surface area contributed by atoms with Crippen molar-refractivity contribution in [2.45, 2.75) is 13.5 Å². The Hall–Kier alpha value is -1.07. The van der Waals surface area contributed by atoms with Crippen LogP contribution in [0.1, 0.15) is 12.5 Å². The molecular weight excluding hydrogens is 155 g/mol. The van der Waals surface area contributed by atoms with E-state index in [1.54, 1.807) is 17.0 Å². The molecule has 4 nitrogen and oxygen atoms in total. The van der Waals surface area contributed by atoms with Gasteiger partial charge in [0.05, 0.1) is 6.20 Å². The molecular formula is C7H11BN2O2. The molecule has 0 saturated heterocycles. The molecule has 0 atom stereocenters. The summed E-state index contributed by atoms with van der Waals surface area (Å²) in [5.41, 5.74) is 0.866.